The minimum atomic E-state index is -0.300. The Bertz CT molecular complexity index is 563. The first-order valence-corrected chi connectivity index (χ1v) is 6.99. The molecule has 0 aromatic heterocycles. The van der Waals surface area contributed by atoms with Crippen LogP contribution < -0.4 is 4.90 Å². The Balaban J connectivity index is 2.01. The Labute approximate surface area is 122 Å². The highest BCUT2D eigenvalue weighted by atomic mass is 35.5. The highest BCUT2D eigenvalue weighted by molar-refractivity contribution is 6.31. The van der Waals surface area contributed by atoms with E-state index in [9.17, 15) is 9.59 Å². The van der Waals surface area contributed by atoms with Gasteiger partial charge in [-0.25, -0.2) is 9.69 Å². The van der Waals surface area contributed by atoms with Gasteiger partial charge < -0.3 is 9.64 Å². The van der Waals surface area contributed by atoms with Crippen LogP contribution in [0.15, 0.2) is 24.3 Å². The number of hydrogen-bond acceptors (Lipinski definition) is 3. The molecule has 0 aliphatic carbocycles. The van der Waals surface area contributed by atoms with Gasteiger partial charge in [-0.3, -0.25) is 4.79 Å². The summed E-state index contributed by atoms with van der Waals surface area (Å²) in [4.78, 5) is 28.0. The summed E-state index contributed by atoms with van der Waals surface area (Å²) in [6, 6.07) is 6.34. The van der Waals surface area contributed by atoms with E-state index in [2.05, 4.69) is 0 Å². The molecule has 2 unspecified atom stereocenters. The number of fused-ring (bicyclic) bond motifs is 1. The number of nitrogens with zero attached hydrogens (tertiary/aromatic N) is 2. The van der Waals surface area contributed by atoms with Crippen LogP contribution in [-0.2, 0) is 9.53 Å². The van der Waals surface area contributed by atoms with E-state index in [0.717, 1.165) is 0 Å². The molecule has 3 rings (SSSR count). The number of carbonyl (C=O) groups is 2. The standard InChI is InChI=1S/C14H15ClN2O3/c1-2-16-12-8-20-7-11(12)13(18)17(14(16)19)10-5-3-4-9(15)6-10/h3-6,11-12H,2,7-8H2,1H3. The molecule has 6 heteroatoms. The van der Waals surface area contributed by atoms with E-state index >= 15 is 0 Å². The molecule has 2 atom stereocenters. The maximum atomic E-state index is 12.6. The summed E-state index contributed by atoms with van der Waals surface area (Å²) in [5.41, 5.74) is 0.510. The quantitative estimate of drug-likeness (QED) is 0.840. The molecule has 0 N–H and O–H groups in total. The molecule has 20 heavy (non-hydrogen) atoms. The predicted molar refractivity (Wildman–Crippen MR) is 74.8 cm³/mol. The normalized spacial score (nSPS) is 26.1. The van der Waals surface area contributed by atoms with Crippen LogP contribution >= 0.6 is 11.6 Å². The lowest BCUT2D eigenvalue weighted by molar-refractivity contribution is -0.124. The van der Waals surface area contributed by atoms with Crippen molar-refractivity contribution in [2.75, 3.05) is 24.7 Å². The van der Waals surface area contributed by atoms with E-state index in [0.29, 0.717) is 30.5 Å². The molecule has 2 fully saturated rings. The molecule has 1 aromatic rings. The van der Waals surface area contributed by atoms with E-state index in [-0.39, 0.29) is 23.9 Å². The fourth-order valence-corrected chi connectivity index (χ4v) is 3.02. The van der Waals surface area contributed by atoms with Crippen LogP contribution in [0.5, 0.6) is 0 Å². The van der Waals surface area contributed by atoms with Crippen molar-refractivity contribution < 1.29 is 14.3 Å². The molecule has 2 saturated heterocycles. The van der Waals surface area contributed by atoms with Gasteiger partial charge in [0.1, 0.15) is 0 Å². The van der Waals surface area contributed by atoms with Crippen molar-refractivity contribution in [2.45, 2.75) is 13.0 Å². The minimum absolute atomic E-state index is 0.143. The van der Waals surface area contributed by atoms with Crippen molar-refractivity contribution in [2.24, 2.45) is 5.92 Å². The molecule has 2 aliphatic rings. The fraction of sp³-hybridized carbons (Fsp3) is 0.429. The molecule has 2 aliphatic heterocycles. The maximum Gasteiger partial charge on any atom is 0.331 e. The third-order valence-corrected chi connectivity index (χ3v) is 4.07. The summed E-state index contributed by atoms with van der Waals surface area (Å²) >= 11 is 5.95. The van der Waals surface area contributed by atoms with Crippen molar-refractivity contribution in [1.29, 1.82) is 0 Å². The Hall–Kier alpha value is -1.59. The van der Waals surface area contributed by atoms with Gasteiger partial charge in [-0.2, -0.15) is 0 Å². The van der Waals surface area contributed by atoms with E-state index in [1.54, 1.807) is 29.2 Å². The molecule has 106 valence electrons. The van der Waals surface area contributed by atoms with Crippen LogP contribution in [0, 0.1) is 5.92 Å². The Morgan fingerprint density at radius 2 is 2.15 bits per heavy atom. The summed E-state index contributed by atoms with van der Waals surface area (Å²) < 4.78 is 5.38. The van der Waals surface area contributed by atoms with Gasteiger partial charge in [0.15, 0.2) is 0 Å². The topological polar surface area (TPSA) is 49.9 Å². The number of imide groups is 1. The lowest BCUT2D eigenvalue weighted by atomic mass is 9.97. The monoisotopic (exact) mass is 294 g/mol. The zero-order valence-corrected chi connectivity index (χ0v) is 11.8. The smallest absolute Gasteiger partial charge is 0.331 e. The third-order valence-electron chi connectivity index (χ3n) is 3.83. The van der Waals surface area contributed by atoms with Crippen molar-refractivity contribution in [3.63, 3.8) is 0 Å². The molecule has 0 radical (unpaired) electrons. The highest BCUT2D eigenvalue weighted by Gasteiger charge is 2.49. The largest absolute Gasteiger partial charge is 0.378 e. The number of halogens is 1. The highest BCUT2D eigenvalue weighted by Crippen LogP contribution is 2.32. The van der Waals surface area contributed by atoms with Crippen LogP contribution in [0.3, 0.4) is 0 Å². The van der Waals surface area contributed by atoms with E-state index in [1.807, 2.05) is 6.92 Å². The average Bonchev–Trinajstić information content (AvgIpc) is 2.89. The zero-order chi connectivity index (χ0) is 14.3. The van der Waals surface area contributed by atoms with E-state index < -0.39 is 0 Å². The minimum Gasteiger partial charge on any atom is -0.378 e. The zero-order valence-electron chi connectivity index (χ0n) is 11.1. The van der Waals surface area contributed by atoms with Gasteiger partial charge >= 0.3 is 6.03 Å². The predicted octanol–water partition coefficient (Wildman–Crippen LogP) is 2.14. The summed E-state index contributed by atoms with van der Waals surface area (Å²) in [6.07, 6.45) is 0. The molecule has 0 saturated carbocycles. The summed E-state index contributed by atoms with van der Waals surface area (Å²) in [6.45, 7) is 3.25. The van der Waals surface area contributed by atoms with Gasteiger partial charge in [0.2, 0.25) is 5.91 Å². The molecule has 0 bridgehead atoms. The van der Waals surface area contributed by atoms with Crippen LogP contribution in [0.4, 0.5) is 10.5 Å². The molecule has 0 spiro atoms. The van der Waals surface area contributed by atoms with Crippen molar-refractivity contribution in [1.82, 2.24) is 4.90 Å². The third kappa shape index (κ3) is 1.98. The first-order chi connectivity index (χ1) is 9.63. The first kappa shape index (κ1) is 13.4. The number of carbonyl (C=O) groups excluding carboxylic acids is 2. The average molecular weight is 295 g/mol. The first-order valence-electron chi connectivity index (χ1n) is 6.61. The fourth-order valence-electron chi connectivity index (χ4n) is 2.84. The second-order valence-corrected chi connectivity index (χ2v) is 5.37. The van der Waals surface area contributed by atoms with Crippen LogP contribution in [-0.4, -0.2) is 42.6 Å². The van der Waals surface area contributed by atoms with Gasteiger partial charge in [-0.1, -0.05) is 17.7 Å². The number of urea groups is 1. The second-order valence-electron chi connectivity index (χ2n) is 4.93. The number of likely N-dealkylation sites (N-methyl/N-ethyl adjacent to an activating group) is 1. The molecular formula is C14H15ClN2O3. The van der Waals surface area contributed by atoms with Gasteiger partial charge in [0, 0.05) is 11.6 Å². The van der Waals surface area contributed by atoms with Gasteiger partial charge in [-0.15, -0.1) is 0 Å². The van der Waals surface area contributed by atoms with Gasteiger partial charge in [0.25, 0.3) is 0 Å². The molecule has 2 heterocycles. The number of hydrogen-bond donors (Lipinski definition) is 0. The Kier molecular flexibility index (Phi) is 3.40. The molecule has 5 nitrogen and oxygen atoms in total. The molecule has 1 aromatic carbocycles. The Morgan fingerprint density at radius 3 is 2.85 bits per heavy atom. The number of amides is 3. The summed E-state index contributed by atoms with van der Waals surface area (Å²) in [5.74, 6) is -0.490. The van der Waals surface area contributed by atoms with E-state index in [4.69, 9.17) is 16.3 Å². The summed E-state index contributed by atoms with van der Waals surface area (Å²) in [5, 5.41) is 0.496. The van der Waals surface area contributed by atoms with Crippen LogP contribution in [0.2, 0.25) is 5.02 Å². The maximum absolute atomic E-state index is 12.6. The van der Waals surface area contributed by atoms with Crippen LogP contribution in [0.25, 0.3) is 0 Å². The number of ether oxygens (including phenoxy) is 1. The lowest BCUT2D eigenvalue weighted by Crippen LogP contribution is -2.61. The van der Waals surface area contributed by atoms with Crippen LogP contribution in [0.1, 0.15) is 6.92 Å². The SMILES string of the molecule is CCN1C(=O)N(c2cccc(Cl)c2)C(=O)C2COCC21. The van der Waals surface area contributed by atoms with Crippen molar-refractivity contribution in [3.8, 4) is 0 Å². The number of rotatable bonds is 2. The van der Waals surface area contributed by atoms with Crippen molar-refractivity contribution >= 4 is 29.2 Å². The van der Waals surface area contributed by atoms with Crippen molar-refractivity contribution in [3.05, 3.63) is 29.3 Å². The second kappa shape index (κ2) is 5.07. The molecular weight excluding hydrogens is 280 g/mol. The summed E-state index contributed by atoms with van der Waals surface area (Å²) in [7, 11) is 0. The van der Waals surface area contributed by atoms with Gasteiger partial charge in [0.05, 0.1) is 30.9 Å². The lowest BCUT2D eigenvalue weighted by Gasteiger charge is -2.40. The van der Waals surface area contributed by atoms with Gasteiger partial charge in [-0.05, 0) is 25.1 Å². The number of anilines is 1. The molecule has 3 amide bonds. The Morgan fingerprint density at radius 1 is 1.35 bits per heavy atom. The number of benzene rings is 1. The van der Waals surface area contributed by atoms with E-state index in [1.165, 1.54) is 4.90 Å².